The van der Waals surface area contributed by atoms with Crippen LogP contribution in [0.2, 0.25) is 0 Å². The number of carbonyl (C=O) groups excluding carboxylic acids is 2. The van der Waals surface area contributed by atoms with Crippen molar-refractivity contribution in [1.29, 1.82) is 0 Å². The van der Waals surface area contributed by atoms with E-state index in [1.54, 1.807) is 11.8 Å². The van der Waals surface area contributed by atoms with Gasteiger partial charge in [-0.15, -0.1) is 0 Å². The molecule has 86 valence electrons. The quantitative estimate of drug-likeness (QED) is 0.661. The van der Waals surface area contributed by atoms with Crippen molar-refractivity contribution in [1.82, 2.24) is 10.2 Å². The minimum atomic E-state index is -0.315. The van der Waals surface area contributed by atoms with Crippen LogP contribution >= 0.6 is 0 Å². The summed E-state index contributed by atoms with van der Waals surface area (Å²) >= 11 is 0. The minimum Gasteiger partial charge on any atom is -0.353 e. The van der Waals surface area contributed by atoms with E-state index in [4.69, 9.17) is 5.73 Å². The van der Waals surface area contributed by atoms with Crippen molar-refractivity contribution in [2.24, 2.45) is 5.73 Å². The van der Waals surface area contributed by atoms with Crippen LogP contribution in [-0.4, -0.2) is 41.9 Å². The van der Waals surface area contributed by atoms with Crippen molar-refractivity contribution in [2.45, 2.75) is 38.8 Å². The van der Waals surface area contributed by atoms with Gasteiger partial charge in [0.15, 0.2) is 0 Å². The summed E-state index contributed by atoms with van der Waals surface area (Å²) in [5, 5.41) is 2.76. The van der Waals surface area contributed by atoms with Gasteiger partial charge in [-0.1, -0.05) is 6.92 Å². The minimum absolute atomic E-state index is 0.0216. The third-order valence-electron chi connectivity index (χ3n) is 2.53. The summed E-state index contributed by atoms with van der Waals surface area (Å²) in [5.74, 6) is -0.0755. The van der Waals surface area contributed by atoms with Gasteiger partial charge < -0.3 is 16.0 Å². The molecule has 1 rings (SSSR count). The molecule has 5 heteroatoms. The molecule has 15 heavy (non-hydrogen) atoms. The molecule has 0 radical (unpaired) electrons. The Bertz CT molecular complexity index is 253. The van der Waals surface area contributed by atoms with Crippen molar-refractivity contribution >= 4 is 11.8 Å². The Labute approximate surface area is 90.0 Å². The molecular weight excluding hydrogens is 194 g/mol. The molecule has 1 fully saturated rings. The fourth-order valence-electron chi connectivity index (χ4n) is 1.81. The molecule has 2 atom stereocenters. The van der Waals surface area contributed by atoms with Crippen LogP contribution in [0, 0.1) is 0 Å². The molecule has 0 aromatic carbocycles. The number of nitrogens with zero attached hydrogens (tertiary/aromatic N) is 1. The van der Waals surface area contributed by atoms with Crippen LogP contribution in [0.3, 0.4) is 0 Å². The average Bonchev–Trinajstić information content (AvgIpc) is 2.16. The zero-order valence-electron chi connectivity index (χ0n) is 9.32. The molecule has 1 aliphatic rings. The summed E-state index contributed by atoms with van der Waals surface area (Å²) in [5.41, 5.74) is 5.57. The van der Waals surface area contributed by atoms with Gasteiger partial charge in [-0.2, -0.15) is 0 Å². The van der Waals surface area contributed by atoms with Crippen LogP contribution in [0.15, 0.2) is 0 Å². The van der Waals surface area contributed by atoms with Gasteiger partial charge in [0.1, 0.15) is 6.04 Å². The SMILES string of the molecule is CCC1C(=O)NCCN1C(=O)CC(C)N. The highest BCUT2D eigenvalue weighted by Crippen LogP contribution is 2.10. The van der Waals surface area contributed by atoms with E-state index in [1.807, 2.05) is 6.92 Å². The molecule has 2 unspecified atom stereocenters. The van der Waals surface area contributed by atoms with Crippen molar-refractivity contribution in [2.75, 3.05) is 13.1 Å². The van der Waals surface area contributed by atoms with Crippen molar-refractivity contribution in [3.8, 4) is 0 Å². The summed E-state index contributed by atoms with van der Waals surface area (Å²) in [7, 11) is 0. The summed E-state index contributed by atoms with van der Waals surface area (Å²) < 4.78 is 0. The maximum Gasteiger partial charge on any atom is 0.242 e. The van der Waals surface area contributed by atoms with Gasteiger partial charge in [-0.05, 0) is 13.3 Å². The van der Waals surface area contributed by atoms with Gasteiger partial charge in [0.2, 0.25) is 11.8 Å². The van der Waals surface area contributed by atoms with Crippen LogP contribution < -0.4 is 11.1 Å². The highest BCUT2D eigenvalue weighted by Gasteiger charge is 2.31. The molecule has 1 saturated heterocycles. The van der Waals surface area contributed by atoms with Gasteiger partial charge in [0.25, 0.3) is 0 Å². The Morgan fingerprint density at radius 3 is 2.93 bits per heavy atom. The van der Waals surface area contributed by atoms with E-state index in [9.17, 15) is 9.59 Å². The van der Waals surface area contributed by atoms with Gasteiger partial charge in [-0.25, -0.2) is 0 Å². The van der Waals surface area contributed by atoms with Crippen LogP contribution in [0.5, 0.6) is 0 Å². The van der Waals surface area contributed by atoms with E-state index in [0.29, 0.717) is 25.9 Å². The smallest absolute Gasteiger partial charge is 0.242 e. The third-order valence-corrected chi connectivity index (χ3v) is 2.53. The molecule has 0 aliphatic carbocycles. The first kappa shape index (κ1) is 12.0. The highest BCUT2D eigenvalue weighted by molar-refractivity contribution is 5.88. The molecule has 0 aromatic heterocycles. The van der Waals surface area contributed by atoms with Gasteiger partial charge in [-0.3, -0.25) is 9.59 Å². The van der Waals surface area contributed by atoms with Gasteiger partial charge in [0, 0.05) is 25.6 Å². The highest BCUT2D eigenvalue weighted by atomic mass is 16.2. The fourth-order valence-corrected chi connectivity index (χ4v) is 1.81. The van der Waals surface area contributed by atoms with E-state index < -0.39 is 0 Å². The van der Waals surface area contributed by atoms with Gasteiger partial charge in [0.05, 0.1) is 0 Å². The fraction of sp³-hybridized carbons (Fsp3) is 0.800. The molecular formula is C10H19N3O2. The number of amides is 2. The Hall–Kier alpha value is -1.10. The monoisotopic (exact) mass is 213 g/mol. The number of piperazine rings is 1. The molecule has 5 nitrogen and oxygen atoms in total. The topological polar surface area (TPSA) is 75.4 Å². The Balaban J connectivity index is 2.65. The second kappa shape index (κ2) is 5.11. The standard InChI is InChI=1S/C10H19N3O2/c1-3-8-10(15)12-4-5-13(8)9(14)6-7(2)11/h7-8H,3-6,11H2,1-2H3,(H,12,15). The number of carbonyl (C=O) groups is 2. The average molecular weight is 213 g/mol. The van der Waals surface area contributed by atoms with Crippen LogP contribution in [0.1, 0.15) is 26.7 Å². The van der Waals surface area contributed by atoms with Crippen LogP contribution in [0.25, 0.3) is 0 Å². The molecule has 2 amide bonds. The molecule has 3 N–H and O–H groups in total. The summed E-state index contributed by atoms with van der Waals surface area (Å²) in [6.07, 6.45) is 0.959. The maximum absolute atomic E-state index is 11.8. The lowest BCUT2D eigenvalue weighted by Gasteiger charge is -2.34. The van der Waals surface area contributed by atoms with E-state index in [1.165, 1.54) is 0 Å². The summed E-state index contributed by atoms with van der Waals surface area (Å²) in [6.45, 7) is 4.83. The second-order valence-electron chi connectivity index (χ2n) is 3.98. The van der Waals surface area contributed by atoms with E-state index in [0.717, 1.165) is 0 Å². The molecule has 1 aliphatic heterocycles. The molecule has 1 heterocycles. The zero-order chi connectivity index (χ0) is 11.4. The summed E-state index contributed by atoms with van der Waals surface area (Å²) in [4.78, 5) is 24.9. The zero-order valence-corrected chi connectivity index (χ0v) is 9.32. The third kappa shape index (κ3) is 2.92. The lowest BCUT2D eigenvalue weighted by Crippen LogP contribution is -2.57. The maximum atomic E-state index is 11.8. The van der Waals surface area contributed by atoms with Crippen molar-refractivity contribution in [3.63, 3.8) is 0 Å². The molecule has 0 spiro atoms. The number of rotatable bonds is 3. The predicted octanol–water partition coefficient (Wildman–Crippen LogP) is -0.539. The number of nitrogens with one attached hydrogen (secondary N) is 1. The van der Waals surface area contributed by atoms with E-state index in [-0.39, 0.29) is 23.9 Å². The Morgan fingerprint density at radius 2 is 2.40 bits per heavy atom. The Kier molecular flexibility index (Phi) is 4.08. The number of nitrogens with two attached hydrogens (primary N) is 1. The second-order valence-corrected chi connectivity index (χ2v) is 3.98. The molecule has 0 bridgehead atoms. The van der Waals surface area contributed by atoms with Crippen molar-refractivity contribution < 1.29 is 9.59 Å². The molecule has 0 aromatic rings. The first-order chi connectivity index (χ1) is 7.06. The number of hydrogen-bond donors (Lipinski definition) is 2. The predicted molar refractivity (Wildman–Crippen MR) is 57.1 cm³/mol. The number of hydrogen-bond acceptors (Lipinski definition) is 3. The first-order valence-electron chi connectivity index (χ1n) is 5.39. The first-order valence-corrected chi connectivity index (χ1v) is 5.39. The lowest BCUT2D eigenvalue weighted by molar-refractivity contribution is -0.143. The lowest BCUT2D eigenvalue weighted by atomic mass is 10.1. The van der Waals surface area contributed by atoms with E-state index >= 15 is 0 Å². The van der Waals surface area contributed by atoms with Crippen molar-refractivity contribution in [3.05, 3.63) is 0 Å². The van der Waals surface area contributed by atoms with Crippen LogP contribution in [0.4, 0.5) is 0 Å². The van der Waals surface area contributed by atoms with Crippen LogP contribution in [-0.2, 0) is 9.59 Å². The molecule has 0 saturated carbocycles. The Morgan fingerprint density at radius 1 is 1.73 bits per heavy atom. The normalized spacial score (nSPS) is 23.5. The van der Waals surface area contributed by atoms with E-state index in [2.05, 4.69) is 5.32 Å². The van der Waals surface area contributed by atoms with Gasteiger partial charge >= 0.3 is 0 Å². The summed E-state index contributed by atoms with van der Waals surface area (Å²) in [6, 6.07) is -0.468. The largest absolute Gasteiger partial charge is 0.353 e.